The molecule has 1 heterocycles. The van der Waals surface area contributed by atoms with Crippen LogP contribution in [0.1, 0.15) is 52.7 Å². The standard InChI is InChI=1S/C18H29NOSi/c1-13(2)21(14(3)4,15(5)6)20-18-9-7-8-16-10-11-19-12-17(16)18/h7-9,12-15H,10-11H2,1-6H3. The fraction of sp³-hybridized carbons (Fsp3) is 0.611. The number of nitrogens with zero attached hydrogens (tertiary/aromatic N) is 1. The number of rotatable bonds is 5. The van der Waals surface area contributed by atoms with Crippen molar-refractivity contribution in [3.63, 3.8) is 0 Å². The van der Waals surface area contributed by atoms with Crippen LogP contribution in [0.25, 0.3) is 0 Å². The summed E-state index contributed by atoms with van der Waals surface area (Å²) in [7, 11) is -1.89. The molecule has 0 aromatic heterocycles. The molecule has 1 aromatic rings. The van der Waals surface area contributed by atoms with Crippen molar-refractivity contribution in [2.75, 3.05) is 6.54 Å². The number of hydrogen-bond donors (Lipinski definition) is 0. The predicted octanol–water partition coefficient (Wildman–Crippen LogP) is 5.22. The molecule has 0 amide bonds. The summed E-state index contributed by atoms with van der Waals surface area (Å²) in [6, 6.07) is 6.47. The first-order valence-electron chi connectivity index (χ1n) is 8.20. The predicted molar refractivity (Wildman–Crippen MR) is 94.3 cm³/mol. The second-order valence-corrected chi connectivity index (χ2v) is 12.4. The largest absolute Gasteiger partial charge is 0.542 e. The first-order valence-corrected chi connectivity index (χ1v) is 10.3. The summed E-state index contributed by atoms with van der Waals surface area (Å²) in [6.07, 6.45) is 3.04. The SMILES string of the molecule is CC(C)[Si](Oc1cccc2c1C=NCC2)(C(C)C)C(C)C. The minimum absolute atomic E-state index is 0.592. The van der Waals surface area contributed by atoms with Crippen LogP contribution in [0.5, 0.6) is 5.75 Å². The van der Waals surface area contributed by atoms with E-state index in [1.165, 1.54) is 11.1 Å². The Bertz CT molecular complexity index is 498. The Labute approximate surface area is 130 Å². The lowest BCUT2D eigenvalue weighted by atomic mass is 10.0. The van der Waals surface area contributed by atoms with E-state index in [-0.39, 0.29) is 0 Å². The Hall–Kier alpha value is -1.09. The molecule has 116 valence electrons. The Balaban J connectivity index is 2.45. The summed E-state index contributed by atoms with van der Waals surface area (Å²) in [5, 5.41) is 0. The van der Waals surface area contributed by atoms with Gasteiger partial charge in [0.2, 0.25) is 0 Å². The molecule has 0 atom stereocenters. The summed E-state index contributed by atoms with van der Waals surface area (Å²) in [6.45, 7) is 14.9. The molecule has 1 aromatic carbocycles. The van der Waals surface area contributed by atoms with Gasteiger partial charge in [-0.2, -0.15) is 0 Å². The minimum Gasteiger partial charge on any atom is -0.542 e. The van der Waals surface area contributed by atoms with Crippen molar-refractivity contribution in [1.82, 2.24) is 0 Å². The average molecular weight is 304 g/mol. The highest BCUT2D eigenvalue weighted by molar-refractivity contribution is 6.78. The van der Waals surface area contributed by atoms with E-state index in [4.69, 9.17) is 4.43 Å². The van der Waals surface area contributed by atoms with E-state index in [9.17, 15) is 0 Å². The monoisotopic (exact) mass is 303 g/mol. The molecule has 0 fully saturated rings. The van der Waals surface area contributed by atoms with Crippen LogP contribution in [0.3, 0.4) is 0 Å². The van der Waals surface area contributed by atoms with Gasteiger partial charge in [0, 0.05) is 18.3 Å². The Morgan fingerprint density at radius 2 is 1.62 bits per heavy atom. The normalized spacial score (nSPS) is 14.9. The summed E-state index contributed by atoms with van der Waals surface area (Å²) >= 11 is 0. The van der Waals surface area contributed by atoms with Gasteiger partial charge in [-0.05, 0) is 34.7 Å². The van der Waals surface area contributed by atoms with E-state index in [2.05, 4.69) is 64.7 Å². The molecular weight excluding hydrogens is 274 g/mol. The highest BCUT2D eigenvalue weighted by Gasteiger charge is 2.47. The van der Waals surface area contributed by atoms with Gasteiger partial charge in [0.1, 0.15) is 5.75 Å². The smallest absolute Gasteiger partial charge is 0.258 e. The van der Waals surface area contributed by atoms with Crippen molar-refractivity contribution in [3.05, 3.63) is 29.3 Å². The quantitative estimate of drug-likeness (QED) is 0.684. The van der Waals surface area contributed by atoms with E-state index in [1.54, 1.807) is 0 Å². The molecule has 21 heavy (non-hydrogen) atoms. The van der Waals surface area contributed by atoms with Crippen LogP contribution >= 0.6 is 0 Å². The third-order valence-electron chi connectivity index (χ3n) is 4.88. The van der Waals surface area contributed by atoms with Gasteiger partial charge in [-0.3, -0.25) is 4.99 Å². The lowest BCUT2D eigenvalue weighted by Gasteiger charge is -2.42. The topological polar surface area (TPSA) is 21.6 Å². The van der Waals surface area contributed by atoms with Crippen LogP contribution in [-0.4, -0.2) is 21.1 Å². The zero-order chi connectivity index (χ0) is 15.6. The van der Waals surface area contributed by atoms with Crippen molar-refractivity contribution in [1.29, 1.82) is 0 Å². The van der Waals surface area contributed by atoms with Crippen LogP contribution in [0.4, 0.5) is 0 Å². The van der Waals surface area contributed by atoms with E-state index >= 15 is 0 Å². The molecule has 0 radical (unpaired) electrons. The minimum atomic E-state index is -1.89. The zero-order valence-corrected chi connectivity index (χ0v) is 15.3. The third-order valence-corrected chi connectivity index (χ3v) is 10.9. The molecule has 1 aliphatic rings. The molecule has 0 N–H and O–H groups in total. The zero-order valence-electron chi connectivity index (χ0n) is 14.3. The first-order chi connectivity index (χ1) is 9.89. The van der Waals surface area contributed by atoms with Crippen LogP contribution in [0.2, 0.25) is 16.6 Å². The highest BCUT2D eigenvalue weighted by Crippen LogP contribution is 2.43. The first kappa shape index (κ1) is 16.3. The number of aliphatic imine (C=N–C) groups is 1. The molecule has 0 unspecified atom stereocenters. The van der Waals surface area contributed by atoms with Crippen molar-refractivity contribution < 1.29 is 4.43 Å². The lowest BCUT2D eigenvalue weighted by molar-refractivity contribution is 0.478. The second-order valence-electron chi connectivity index (χ2n) is 7.03. The van der Waals surface area contributed by atoms with Crippen LogP contribution < -0.4 is 4.43 Å². The average Bonchev–Trinajstić information content (AvgIpc) is 2.43. The Morgan fingerprint density at radius 1 is 1.00 bits per heavy atom. The lowest BCUT2D eigenvalue weighted by Crippen LogP contribution is -2.51. The van der Waals surface area contributed by atoms with Crippen LogP contribution in [0.15, 0.2) is 23.2 Å². The van der Waals surface area contributed by atoms with E-state index in [0.29, 0.717) is 16.6 Å². The maximum atomic E-state index is 6.83. The number of hydrogen-bond acceptors (Lipinski definition) is 2. The molecule has 0 aliphatic carbocycles. The van der Waals surface area contributed by atoms with Gasteiger partial charge < -0.3 is 4.43 Å². The van der Waals surface area contributed by atoms with Crippen LogP contribution in [0, 0.1) is 0 Å². The highest BCUT2D eigenvalue weighted by atomic mass is 28.4. The van der Waals surface area contributed by atoms with Gasteiger partial charge in [-0.25, -0.2) is 0 Å². The van der Waals surface area contributed by atoms with Crippen molar-refractivity contribution in [2.45, 2.75) is 64.6 Å². The molecule has 0 bridgehead atoms. The summed E-state index contributed by atoms with van der Waals surface area (Å²) in [4.78, 5) is 4.45. The molecule has 0 spiro atoms. The van der Waals surface area contributed by atoms with E-state index in [1.807, 2.05) is 6.21 Å². The van der Waals surface area contributed by atoms with E-state index < -0.39 is 8.32 Å². The molecule has 1 aliphatic heterocycles. The molecule has 2 nitrogen and oxygen atoms in total. The summed E-state index contributed by atoms with van der Waals surface area (Å²) in [5.41, 5.74) is 4.36. The van der Waals surface area contributed by atoms with Crippen LogP contribution in [-0.2, 0) is 6.42 Å². The Morgan fingerprint density at radius 3 is 2.19 bits per heavy atom. The second kappa shape index (κ2) is 6.35. The summed E-state index contributed by atoms with van der Waals surface area (Å²) in [5.74, 6) is 1.05. The maximum Gasteiger partial charge on any atom is 0.258 e. The van der Waals surface area contributed by atoms with Gasteiger partial charge in [0.15, 0.2) is 0 Å². The molecule has 0 saturated carbocycles. The fourth-order valence-corrected chi connectivity index (χ4v) is 9.19. The van der Waals surface area contributed by atoms with Gasteiger partial charge in [-0.15, -0.1) is 0 Å². The third kappa shape index (κ3) is 2.94. The summed E-state index contributed by atoms with van der Waals surface area (Å²) < 4.78 is 6.83. The van der Waals surface area contributed by atoms with E-state index in [0.717, 1.165) is 18.7 Å². The van der Waals surface area contributed by atoms with Crippen molar-refractivity contribution in [2.24, 2.45) is 4.99 Å². The number of benzene rings is 1. The van der Waals surface area contributed by atoms with Gasteiger partial charge >= 0.3 is 0 Å². The Kier molecular flexibility index (Phi) is 4.92. The van der Waals surface area contributed by atoms with Crippen molar-refractivity contribution >= 4 is 14.5 Å². The van der Waals surface area contributed by atoms with Gasteiger partial charge in [0.05, 0.1) is 0 Å². The van der Waals surface area contributed by atoms with Crippen molar-refractivity contribution in [3.8, 4) is 5.75 Å². The van der Waals surface area contributed by atoms with Gasteiger partial charge in [-0.1, -0.05) is 53.7 Å². The molecule has 2 rings (SSSR count). The molecule has 3 heteroatoms. The maximum absolute atomic E-state index is 6.83. The van der Waals surface area contributed by atoms with Gasteiger partial charge in [0.25, 0.3) is 8.32 Å². The fourth-order valence-electron chi connectivity index (χ4n) is 3.93. The molecular formula is C18H29NOSi. The number of fused-ring (bicyclic) bond motifs is 1. The molecule has 0 saturated heterocycles.